The van der Waals surface area contributed by atoms with Crippen molar-refractivity contribution in [1.29, 1.82) is 0 Å². The average Bonchev–Trinajstić information content (AvgIpc) is 3.10. The van der Waals surface area contributed by atoms with Gasteiger partial charge < -0.3 is 15.2 Å². The predicted octanol–water partition coefficient (Wildman–Crippen LogP) is 4.65. The number of rotatable bonds is 7. The number of anilines is 1. The molecule has 31 heavy (non-hydrogen) atoms. The van der Waals surface area contributed by atoms with Gasteiger partial charge in [-0.3, -0.25) is 9.59 Å². The maximum Gasteiger partial charge on any atom is 0.252 e. The van der Waals surface area contributed by atoms with E-state index in [1.54, 1.807) is 35.9 Å². The summed E-state index contributed by atoms with van der Waals surface area (Å²) in [6, 6.07) is 12.0. The number of hydrogen-bond donors (Lipinski definition) is 2. The Hall–Kier alpha value is -2.55. The molecule has 0 spiro atoms. The van der Waals surface area contributed by atoms with Crippen LogP contribution < -0.4 is 10.6 Å². The zero-order chi connectivity index (χ0) is 22.5. The standard InChI is InChI=1S/C21H21Cl2N5O2S/c1-12-7-4-5-8-14(12)20(30)24-13(2)19-26-27-21(28(19)3)31-11-17(29)25-16-10-6-9-15(22)18(16)23/h4-10,13H,11H2,1-3H3,(H,24,30)(H,25,29)/t13-/m0/s1. The second-order valence-corrected chi connectivity index (χ2v) is 8.58. The molecule has 2 amide bonds. The number of aryl methyl sites for hydroxylation is 1. The van der Waals surface area contributed by atoms with Crippen LogP contribution in [0.15, 0.2) is 47.6 Å². The molecule has 0 radical (unpaired) electrons. The number of carbonyl (C=O) groups is 2. The number of halogens is 2. The Morgan fingerprint density at radius 2 is 1.87 bits per heavy atom. The van der Waals surface area contributed by atoms with Crippen molar-refractivity contribution in [2.45, 2.75) is 25.0 Å². The molecule has 0 aliphatic carbocycles. The molecule has 3 aromatic rings. The fourth-order valence-corrected chi connectivity index (χ4v) is 3.98. The minimum absolute atomic E-state index is 0.110. The number of aromatic nitrogens is 3. The first kappa shape index (κ1) is 23.1. The van der Waals surface area contributed by atoms with Gasteiger partial charge in [0, 0.05) is 12.6 Å². The largest absolute Gasteiger partial charge is 0.342 e. The van der Waals surface area contributed by atoms with E-state index >= 15 is 0 Å². The molecular weight excluding hydrogens is 457 g/mol. The summed E-state index contributed by atoms with van der Waals surface area (Å²) in [5, 5.41) is 15.2. The van der Waals surface area contributed by atoms with Crippen LogP contribution in [-0.2, 0) is 11.8 Å². The van der Waals surface area contributed by atoms with Gasteiger partial charge in [0.15, 0.2) is 11.0 Å². The van der Waals surface area contributed by atoms with Gasteiger partial charge in [0.1, 0.15) is 0 Å². The molecule has 1 heterocycles. The number of benzene rings is 2. The first-order valence-corrected chi connectivity index (χ1v) is 11.1. The molecule has 0 unspecified atom stereocenters. The van der Waals surface area contributed by atoms with Crippen LogP contribution in [0, 0.1) is 6.92 Å². The number of nitrogens with zero attached hydrogens (tertiary/aromatic N) is 3. The van der Waals surface area contributed by atoms with Crippen LogP contribution in [0.4, 0.5) is 5.69 Å². The third-order valence-corrected chi connectivity index (χ3v) is 6.39. The normalized spacial score (nSPS) is 11.8. The minimum atomic E-state index is -0.363. The second kappa shape index (κ2) is 10.2. The molecule has 0 saturated heterocycles. The van der Waals surface area contributed by atoms with E-state index in [2.05, 4.69) is 20.8 Å². The third-order valence-electron chi connectivity index (χ3n) is 4.55. The quantitative estimate of drug-likeness (QED) is 0.483. The highest BCUT2D eigenvalue weighted by Crippen LogP contribution is 2.29. The van der Waals surface area contributed by atoms with E-state index in [0.717, 1.165) is 5.56 Å². The molecule has 2 N–H and O–H groups in total. The van der Waals surface area contributed by atoms with Gasteiger partial charge in [-0.1, -0.05) is 59.2 Å². The number of hydrogen-bond acceptors (Lipinski definition) is 5. The van der Waals surface area contributed by atoms with Crippen LogP contribution in [0.2, 0.25) is 10.0 Å². The van der Waals surface area contributed by atoms with Crippen LogP contribution >= 0.6 is 35.0 Å². The molecule has 7 nitrogen and oxygen atoms in total. The fraction of sp³-hybridized carbons (Fsp3) is 0.238. The molecule has 0 aliphatic heterocycles. The molecule has 3 rings (SSSR count). The zero-order valence-corrected chi connectivity index (χ0v) is 19.5. The van der Waals surface area contributed by atoms with Gasteiger partial charge >= 0.3 is 0 Å². The molecule has 10 heteroatoms. The van der Waals surface area contributed by atoms with Crippen LogP contribution in [-0.4, -0.2) is 32.3 Å². The number of nitrogens with one attached hydrogen (secondary N) is 2. The predicted molar refractivity (Wildman–Crippen MR) is 124 cm³/mol. The van der Waals surface area contributed by atoms with Gasteiger partial charge in [-0.15, -0.1) is 10.2 Å². The average molecular weight is 478 g/mol. The van der Waals surface area contributed by atoms with Crippen molar-refractivity contribution in [2.24, 2.45) is 7.05 Å². The van der Waals surface area contributed by atoms with Crippen molar-refractivity contribution in [3.05, 3.63) is 69.5 Å². The highest BCUT2D eigenvalue weighted by Gasteiger charge is 2.20. The maximum absolute atomic E-state index is 12.6. The lowest BCUT2D eigenvalue weighted by Gasteiger charge is -2.14. The zero-order valence-electron chi connectivity index (χ0n) is 17.1. The number of amides is 2. The summed E-state index contributed by atoms with van der Waals surface area (Å²) in [4.78, 5) is 24.8. The summed E-state index contributed by atoms with van der Waals surface area (Å²) in [6.45, 7) is 3.72. The SMILES string of the molecule is Cc1ccccc1C(=O)N[C@@H](C)c1nnc(SCC(=O)Nc2cccc(Cl)c2Cl)n1C. The van der Waals surface area contributed by atoms with E-state index in [9.17, 15) is 9.59 Å². The van der Waals surface area contributed by atoms with E-state index in [4.69, 9.17) is 23.2 Å². The lowest BCUT2D eigenvalue weighted by Crippen LogP contribution is -2.29. The fourth-order valence-electron chi connectivity index (χ4n) is 2.91. The Balaban J connectivity index is 1.60. The van der Waals surface area contributed by atoms with Crippen LogP contribution in [0.3, 0.4) is 0 Å². The minimum Gasteiger partial charge on any atom is -0.342 e. The molecule has 0 fully saturated rings. The van der Waals surface area contributed by atoms with Gasteiger partial charge in [-0.2, -0.15) is 0 Å². The maximum atomic E-state index is 12.6. The monoisotopic (exact) mass is 477 g/mol. The molecule has 0 aliphatic rings. The van der Waals surface area contributed by atoms with Gasteiger partial charge in [-0.25, -0.2) is 0 Å². The highest BCUT2D eigenvalue weighted by molar-refractivity contribution is 7.99. The van der Waals surface area contributed by atoms with E-state index in [1.165, 1.54) is 11.8 Å². The van der Waals surface area contributed by atoms with Crippen molar-refractivity contribution < 1.29 is 9.59 Å². The summed E-state index contributed by atoms with van der Waals surface area (Å²) in [6.07, 6.45) is 0. The molecule has 0 saturated carbocycles. The van der Waals surface area contributed by atoms with Crippen LogP contribution in [0.1, 0.15) is 34.7 Å². The van der Waals surface area contributed by atoms with Gasteiger partial charge in [0.2, 0.25) is 5.91 Å². The van der Waals surface area contributed by atoms with E-state index in [0.29, 0.717) is 32.3 Å². The summed E-state index contributed by atoms with van der Waals surface area (Å²) in [5.74, 6) is 0.265. The Bertz CT molecular complexity index is 1120. The van der Waals surface area contributed by atoms with Gasteiger partial charge in [0.25, 0.3) is 5.91 Å². The summed E-state index contributed by atoms with van der Waals surface area (Å²) < 4.78 is 1.76. The number of thioether (sulfide) groups is 1. The molecular formula is C21H21Cl2N5O2S. The van der Waals surface area contributed by atoms with Crippen LogP contribution in [0.25, 0.3) is 0 Å². The van der Waals surface area contributed by atoms with E-state index < -0.39 is 0 Å². The van der Waals surface area contributed by atoms with Crippen LogP contribution in [0.5, 0.6) is 0 Å². The van der Waals surface area contributed by atoms with E-state index in [-0.39, 0.29) is 23.6 Å². The lowest BCUT2D eigenvalue weighted by atomic mass is 10.1. The van der Waals surface area contributed by atoms with Gasteiger partial charge in [-0.05, 0) is 37.6 Å². The van der Waals surface area contributed by atoms with Crippen molar-refractivity contribution in [1.82, 2.24) is 20.1 Å². The van der Waals surface area contributed by atoms with Crippen molar-refractivity contribution in [2.75, 3.05) is 11.1 Å². The van der Waals surface area contributed by atoms with Gasteiger partial charge in [0.05, 0.1) is 27.5 Å². The van der Waals surface area contributed by atoms with Crippen molar-refractivity contribution >= 4 is 52.5 Å². The summed E-state index contributed by atoms with van der Waals surface area (Å²) in [7, 11) is 1.79. The molecule has 1 atom stereocenters. The van der Waals surface area contributed by atoms with Crippen molar-refractivity contribution in [3.8, 4) is 0 Å². The number of carbonyl (C=O) groups excluding carboxylic acids is 2. The first-order valence-electron chi connectivity index (χ1n) is 9.40. The Morgan fingerprint density at radius 3 is 2.61 bits per heavy atom. The molecule has 2 aromatic carbocycles. The van der Waals surface area contributed by atoms with Crippen molar-refractivity contribution in [3.63, 3.8) is 0 Å². The first-order chi connectivity index (χ1) is 14.8. The third kappa shape index (κ3) is 5.58. The topological polar surface area (TPSA) is 88.9 Å². The summed E-state index contributed by atoms with van der Waals surface area (Å²) >= 11 is 13.3. The lowest BCUT2D eigenvalue weighted by molar-refractivity contribution is -0.113. The second-order valence-electron chi connectivity index (χ2n) is 6.85. The Kier molecular flexibility index (Phi) is 7.59. The highest BCUT2D eigenvalue weighted by atomic mass is 35.5. The van der Waals surface area contributed by atoms with E-state index in [1.807, 2.05) is 32.0 Å². The Morgan fingerprint density at radius 1 is 1.13 bits per heavy atom. The smallest absolute Gasteiger partial charge is 0.252 e. The molecule has 0 bridgehead atoms. The summed E-state index contributed by atoms with van der Waals surface area (Å²) in [5.41, 5.74) is 1.96. The Labute approximate surface area is 194 Å². The molecule has 162 valence electrons. The molecule has 1 aromatic heterocycles.